The van der Waals surface area contributed by atoms with Crippen LogP contribution in [0.5, 0.6) is 5.75 Å². The molecule has 18 heavy (non-hydrogen) atoms. The van der Waals surface area contributed by atoms with Gasteiger partial charge in [-0.2, -0.15) is 0 Å². The number of aryl methyl sites for hydroxylation is 2. The Kier molecular flexibility index (Phi) is 4.33. The molecule has 0 aromatic heterocycles. The van der Waals surface area contributed by atoms with Gasteiger partial charge in [0.25, 0.3) is 0 Å². The van der Waals surface area contributed by atoms with Gasteiger partial charge in [-0.05, 0) is 51.8 Å². The second-order valence-corrected chi connectivity index (χ2v) is 4.70. The van der Waals surface area contributed by atoms with E-state index >= 15 is 0 Å². The largest absolute Gasteiger partial charge is 0.476 e. The van der Waals surface area contributed by atoms with Crippen molar-refractivity contribution in [2.75, 3.05) is 6.61 Å². The molecule has 0 aliphatic heterocycles. The minimum absolute atomic E-state index is 0.285. The van der Waals surface area contributed by atoms with Crippen molar-refractivity contribution in [1.29, 1.82) is 0 Å². The highest BCUT2D eigenvalue weighted by Crippen LogP contribution is 2.26. The molecule has 0 saturated carbocycles. The fourth-order valence-electron chi connectivity index (χ4n) is 1.54. The number of rotatable bonds is 4. The van der Waals surface area contributed by atoms with Gasteiger partial charge >= 0.3 is 5.97 Å². The topological polar surface area (TPSA) is 35.5 Å². The highest BCUT2D eigenvalue weighted by Gasteiger charge is 2.32. The maximum absolute atomic E-state index is 13.5. The van der Waals surface area contributed by atoms with Crippen molar-refractivity contribution < 1.29 is 18.7 Å². The van der Waals surface area contributed by atoms with Crippen molar-refractivity contribution in [2.45, 2.75) is 40.2 Å². The number of hydrogen-bond donors (Lipinski definition) is 0. The molecule has 0 amide bonds. The second-order valence-electron chi connectivity index (χ2n) is 4.70. The summed E-state index contributed by atoms with van der Waals surface area (Å²) < 4.78 is 24.0. The van der Waals surface area contributed by atoms with E-state index in [0.717, 1.165) is 5.56 Å². The van der Waals surface area contributed by atoms with Crippen molar-refractivity contribution >= 4 is 5.97 Å². The molecule has 0 N–H and O–H groups in total. The Bertz CT molecular complexity index is 453. The Morgan fingerprint density at radius 1 is 1.28 bits per heavy atom. The number of carbonyl (C=O) groups is 1. The van der Waals surface area contributed by atoms with Gasteiger partial charge in [0.05, 0.1) is 6.61 Å². The molecule has 0 spiro atoms. The predicted molar refractivity (Wildman–Crippen MR) is 67.2 cm³/mol. The summed E-state index contributed by atoms with van der Waals surface area (Å²) in [6, 6.07) is 2.98. The van der Waals surface area contributed by atoms with Gasteiger partial charge < -0.3 is 9.47 Å². The van der Waals surface area contributed by atoms with E-state index in [2.05, 4.69) is 0 Å². The zero-order chi connectivity index (χ0) is 13.9. The van der Waals surface area contributed by atoms with Gasteiger partial charge in [0.2, 0.25) is 0 Å². The molecule has 1 aromatic rings. The molecule has 0 atom stereocenters. The summed E-state index contributed by atoms with van der Waals surface area (Å²) in [5.41, 5.74) is 0.197. The fourth-order valence-corrected chi connectivity index (χ4v) is 1.54. The summed E-state index contributed by atoms with van der Waals surface area (Å²) in [6.45, 7) is 8.70. The molecule has 0 unspecified atom stereocenters. The van der Waals surface area contributed by atoms with Gasteiger partial charge in [-0.25, -0.2) is 9.18 Å². The zero-order valence-electron chi connectivity index (χ0n) is 11.5. The molecule has 0 fully saturated rings. The van der Waals surface area contributed by atoms with E-state index in [1.807, 2.05) is 6.92 Å². The van der Waals surface area contributed by atoms with E-state index in [1.165, 1.54) is 6.07 Å². The van der Waals surface area contributed by atoms with E-state index in [0.29, 0.717) is 11.3 Å². The zero-order valence-corrected chi connectivity index (χ0v) is 11.5. The van der Waals surface area contributed by atoms with Gasteiger partial charge in [0.15, 0.2) is 5.60 Å². The van der Waals surface area contributed by atoms with Crippen molar-refractivity contribution in [1.82, 2.24) is 0 Å². The van der Waals surface area contributed by atoms with Crippen molar-refractivity contribution in [3.8, 4) is 5.75 Å². The lowest BCUT2D eigenvalue weighted by Gasteiger charge is -2.25. The summed E-state index contributed by atoms with van der Waals surface area (Å²) in [5, 5.41) is 0. The van der Waals surface area contributed by atoms with Crippen LogP contribution >= 0.6 is 0 Å². The van der Waals surface area contributed by atoms with Crippen LogP contribution in [0.4, 0.5) is 4.39 Å². The fraction of sp³-hybridized carbons (Fsp3) is 0.500. The maximum atomic E-state index is 13.5. The average Bonchev–Trinajstić information content (AvgIpc) is 2.26. The number of carbonyl (C=O) groups excluding carboxylic acids is 1. The lowest BCUT2D eigenvalue weighted by molar-refractivity contribution is -0.158. The van der Waals surface area contributed by atoms with Gasteiger partial charge in [-0.1, -0.05) is 0 Å². The lowest BCUT2D eigenvalue weighted by atomic mass is 10.1. The Labute approximate surface area is 107 Å². The molecular weight excluding hydrogens is 235 g/mol. The Morgan fingerprint density at radius 3 is 2.44 bits per heavy atom. The summed E-state index contributed by atoms with van der Waals surface area (Å²) >= 11 is 0. The van der Waals surface area contributed by atoms with Crippen LogP contribution in [0.3, 0.4) is 0 Å². The monoisotopic (exact) mass is 254 g/mol. The molecule has 100 valence electrons. The third-order valence-electron chi connectivity index (χ3n) is 2.59. The molecule has 0 heterocycles. The van der Waals surface area contributed by atoms with Crippen molar-refractivity contribution in [3.05, 3.63) is 29.1 Å². The van der Waals surface area contributed by atoms with E-state index < -0.39 is 11.6 Å². The first-order valence-electron chi connectivity index (χ1n) is 5.91. The maximum Gasteiger partial charge on any atom is 0.349 e. The number of benzene rings is 1. The molecule has 0 aliphatic carbocycles. The van der Waals surface area contributed by atoms with Gasteiger partial charge in [-0.15, -0.1) is 0 Å². The van der Waals surface area contributed by atoms with Crippen LogP contribution in [0.2, 0.25) is 0 Å². The van der Waals surface area contributed by atoms with Crippen molar-refractivity contribution in [3.63, 3.8) is 0 Å². The standard InChI is InChI=1S/C14H19FO3/c1-6-17-13(16)14(4,5)18-12-8-11(15)9(2)7-10(12)3/h7-8H,6H2,1-5H3. The number of halogens is 1. The van der Waals surface area contributed by atoms with Crippen LogP contribution in [0.1, 0.15) is 31.9 Å². The number of esters is 1. The lowest BCUT2D eigenvalue weighted by Crippen LogP contribution is -2.40. The van der Waals surface area contributed by atoms with Crippen LogP contribution in [0, 0.1) is 19.7 Å². The number of ether oxygens (including phenoxy) is 2. The van der Waals surface area contributed by atoms with Crippen LogP contribution < -0.4 is 4.74 Å². The molecule has 1 aromatic carbocycles. The van der Waals surface area contributed by atoms with Crippen molar-refractivity contribution in [2.24, 2.45) is 0 Å². The molecule has 0 bridgehead atoms. The smallest absolute Gasteiger partial charge is 0.349 e. The quantitative estimate of drug-likeness (QED) is 0.774. The van der Waals surface area contributed by atoms with E-state index in [9.17, 15) is 9.18 Å². The van der Waals surface area contributed by atoms with Gasteiger partial charge in [0.1, 0.15) is 11.6 Å². The number of hydrogen-bond acceptors (Lipinski definition) is 3. The highest BCUT2D eigenvalue weighted by molar-refractivity contribution is 5.79. The van der Waals surface area contributed by atoms with Crippen LogP contribution in [0.25, 0.3) is 0 Å². The van der Waals surface area contributed by atoms with E-state index in [-0.39, 0.29) is 12.4 Å². The van der Waals surface area contributed by atoms with Gasteiger partial charge in [0, 0.05) is 6.07 Å². The highest BCUT2D eigenvalue weighted by atomic mass is 19.1. The minimum Gasteiger partial charge on any atom is -0.476 e. The minimum atomic E-state index is -1.14. The summed E-state index contributed by atoms with van der Waals surface area (Å²) in [7, 11) is 0. The molecule has 1 rings (SSSR count). The molecule has 0 saturated heterocycles. The predicted octanol–water partition coefficient (Wildman–Crippen LogP) is 3.16. The molecule has 0 aliphatic rings. The van der Waals surface area contributed by atoms with Crippen LogP contribution in [0.15, 0.2) is 12.1 Å². The summed E-state index contributed by atoms with van der Waals surface area (Å²) in [5.74, 6) is -0.461. The molecule has 4 heteroatoms. The SMILES string of the molecule is CCOC(=O)C(C)(C)Oc1cc(F)c(C)cc1C. The average molecular weight is 254 g/mol. The molecule has 3 nitrogen and oxygen atoms in total. The summed E-state index contributed by atoms with van der Waals surface area (Å²) in [4.78, 5) is 11.7. The molecule has 0 radical (unpaired) electrons. The first-order chi connectivity index (χ1) is 8.27. The first-order valence-corrected chi connectivity index (χ1v) is 5.91. The first kappa shape index (κ1) is 14.5. The van der Waals surface area contributed by atoms with E-state index in [1.54, 1.807) is 33.8 Å². The third-order valence-corrected chi connectivity index (χ3v) is 2.59. The second kappa shape index (κ2) is 5.38. The molecular formula is C14H19FO3. The van der Waals surface area contributed by atoms with Crippen LogP contribution in [-0.2, 0) is 9.53 Å². The third kappa shape index (κ3) is 3.22. The Morgan fingerprint density at radius 2 is 1.89 bits per heavy atom. The van der Waals surface area contributed by atoms with Gasteiger partial charge in [-0.3, -0.25) is 0 Å². The Hall–Kier alpha value is -1.58. The van der Waals surface area contributed by atoms with E-state index in [4.69, 9.17) is 9.47 Å². The normalized spacial score (nSPS) is 11.2. The summed E-state index contributed by atoms with van der Waals surface area (Å²) in [6.07, 6.45) is 0. The van der Waals surface area contributed by atoms with Crippen LogP contribution in [-0.4, -0.2) is 18.2 Å². The Balaban J connectivity index is 2.97.